The van der Waals surface area contributed by atoms with E-state index in [9.17, 15) is 14.7 Å². The van der Waals surface area contributed by atoms with Crippen LogP contribution in [0.4, 0.5) is 5.69 Å². The quantitative estimate of drug-likeness (QED) is 0.892. The summed E-state index contributed by atoms with van der Waals surface area (Å²) in [6.45, 7) is 0. The van der Waals surface area contributed by atoms with Gasteiger partial charge in [-0.2, -0.15) is 0 Å². The minimum absolute atomic E-state index is 0.154. The third kappa shape index (κ3) is 2.37. The summed E-state index contributed by atoms with van der Waals surface area (Å²) in [7, 11) is 1.54. The smallest absolute Gasteiger partial charge is 0.307 e. The lowest BCUT2D eigenvalue weighted by atomic mass is 9.78. The van der Waals surface area contributed by atoms with Crippen molar-refractivity contribution < 1.29 is 19.4 Å². The van der Waals surface area contributed by atoms with Gasteiger partial charge in [0.1, 0.15) is 5.75 Å². The molecule has 0 unspecified atom stereocenters. The van der Waals surface area contributed by atoms with Gasteiger partial charge in [-0.05, 0) is 43.2 Å². The van der Waals surface area contributed by atoms with Gasteiger partial charge in [0.05, 0.1) is 24.6 Å². The molecule has 112 valence electrons. The van der Waals surface area contributed by atoms with Crippen molar-refractivity contribution in [3.63, 3.8) is 0 Å². The lowest BCUT2D eigenvalue weighted by Gasteiger charge is -2.27. The van der Waals surface area contributed by atoms with E-state index in [2.05, 4.69) is 5.32 Å². The Hall–Kier alpha value is -2.04. The molecule has 4 atom stereocenters. The van der Waals surface area contributed by atoms with Crippen LogP contribution in [0, 0.1) is 23.7 Å². The molecule has 1 amide bonds. The van der Waals surface area contributed by atoms with E-state index < -0.39 is 17.8 Å². The Morgan fingerprint density at radius 2 is 1.86 bits per heavy atom. The van der Waals surface area contributed by atoms with Crippen molar-refractivity contribution in [2.75, 3.05) is 12.4 Å². The molecule has 21 heavy (non-hydrogen) atoms. The van der Waals surface area contributed by atoms with Gasteiger partial charge < -0.3 is 15.2 Å². The van der Waals surface area contributed by atoms with Crippen molar-refractivity contribution in [3.8, 4) is 5.75 Å². The molecule has 1 aromatic carbocycles. The van der Waals surface area contributed by atoms with Crippen molar-refractivity contribution in [2.45, 2.75) is 19.3 Å². The van der Waals surface area contributed by atoms with Gasteiger partial charge in [-0.3, -0.25) is 9.59 Å². The molecular formula is C16H19NO4. The second kappa shape index (κ2) is 5.39. The van der Waals surface area contributed by atoms with E-state index in [-0.39, 0.29) is 17.7 Å². The lowest BCUT2D eigenvalue weighted by Crippen LogP contribution is -2.37. The molecule has 0 spiro atoms. The summed E-state index contributed by atoms with van der Waals surface area (Å²) in [6, 6.07) is 7.17. The van der Waals surface area contributed by atoms with Crippen molar-refractivity contribution >= 4 is 17.6 Å². The molecule has 2 fully saturated rings. The highest BCUT2D eigenvalue weighted by molar-refractivity contribution is 5.97. The molecule has 0 saturated heterocycles. The number of carboxylic acids is 1. The summed E-state index contributed by atoms with van der Waals surface area (Å²) in [5.74, 6) is -1.07. The minimum atomic E-state index is -0.845. The molecule has 0 radical (unpaired) electrons. The van der Waals surface area contributed by atoms with Crippen molar-refractivity contribution in [1.29, 1.82) is 0 Å². The highest BCUT2D eigenvalue weighted by Crippen LogP contribution is 2.52. The van der Waals surface area contributed by atoms with Gasteiger partial charge in [-0.1, -0.05) is 12.1 Å². The molecule has 2 N–H and O–H groups in total. The Morgan fingerprint density at radius 3 is 2.52 bits per heavy atom. The minimum Gasteiger partial charge on any atom is -0.495 e. The van der Waals surface area contributed by atoms with E-state index in [1.54, 1.807) is 19.2 Å². The molecule has 2 aliphatic carbocycles. The summed E-state index contributed by atoms with van der Waals surface area (Å²) >= 11 is 0. The fraction of sp³-hybridized carbons (Fsp3) is 0.500. The summed E-state index contributed by atoms with van der Waals surface area (Å²) in [4.78, 5) is 24.0. The number of hydrogen-bond acceptors (Lipinski definition) is 3. The normalized spacial score (nSPS) is 30.1. The van der Waals surface area contributed by atoms with Crippen LogP contribution >= 0.6 is 0 Å². The summed E-state index contributed by atoms with van der Waals surface area (Å²) in [5, 5.41) is 12.3. The molecule has 0 aromatic heterocycles. The van der Waals surface area contributed by atoms with E-state index >= 15 is 0 Å². The fourth-order valence-corrected chi connectivity index (χ4v) is 3.99. The molecule has 3 rings (SSSR count). The standard InChI is InChI=1S/C16H19NO4/c1-21-12-5-3-2-4-11(12)17-15(18)13-9-6-7-10(8-9)14(13)16(19)20/h2-5,9-10,13-14H,6-8H2,1H3,(H,17,18)(H,19,20)/t9-,10+,13-,14+/m1/s1. The number of amides is 1. The average Bonchev–Trinajstić information content (AvgIpc) is 3.08. The second-order valence-corrected chi connectivity index (χ2v) is 5.91. The monoisotopic (exact) mass is 289 g/mol. The third-order valence-electron chi connectivity index (χ3n) is 4.87. The first kappa shape index (κ1) is 13.9. The van der Waals surface area contributed by atoms with Crippen molar-refractivity contribution in [1.82, 2.24) is 0 Å². The fourth-order valence-electron chi connectivity index (χ4n) is 3.99. The number of rotatable bonds is 4. The third-order valence-corrected chi connectivity index (χ3v) is 4.87. The number of ether oxygens (including phenoxy) is 1. The van der Waals surface area contributed by atoms with Crippen LogP contribution < -0.4 is 10.1 Å². The zero-order valence-corrected chi connectivity index (χ0v) is 11.9. The molecule has 1 aromatic rings. The number of fused-ring (bicyclic) bond motifs is 2. The largest absolute Gasteiger partial charge is 0.495 e. The molecule has 2 bridgehead atoms. The second-order valence-electron chi connectivity index (χ2n) is 5.91. The number of anilines is 1. The van der Waals surface area contributed by atoms with Gasteiger partial charge in [-0.25, -0.2) is 0 Å². The Kier molecular flexibility index (Phi) is 3.57. The highest BCUT2D eigenvalue weighted by Gasteiger charge is 2.54. The maximum absolute atomic E-state index is 12.6. The van der Waals surface area contributed by atoms with Gasteiger partial charge in [0.25, 0.3) is 0 Å². The number of carbonyl (C=O) groups is 2. The van der Waals surface area contributed by atoms with Crippen LogP contribution in [0.3, 0.4) is 0 Å². The number of methoxy groups -OCH3 is 1. The van der Waals surface area contributed by atoms with Crippen LogP contribution in [0.5, 0.6) is 5.75 Å². The number of nitrogens with one attached hydrogen (secondary N) is 1. The zero-order chi connectivity index (χ0) is 15.0. The molecule has 0 aliphatic heterocycles. The Morgan fingerprint density at radius 1 is 1.19 bits per heavy atom. The molecule has 2 aliphatic rings. The van der Waals surface area contributed by atoms with Gasteiger partial charge in [-0.15, -0.1) is 0 Å². The van der Waals surface area contributed by atoms with Crippen LogP contribution in [-0.4, -0.2) is 24.1 Å². The highest BCUT2D eigenvalue weighted by atomic mass is 16.5. The summed E-state index contributed by atoms with van der Waals surface area (Å²) in [6.07, 6.45) is 2.75. The van der Waals surface area contributed by atoms with Crippen molar-refractivity contribution in [2.24, 2.45) is 23.7 Å². The van der Waals surface area contributed by atoms with Crippen LogP contribution in [0.15, 0.2) is 24.3 Å². The predicted octanol–water partition coefficient (Wildman–Crippen LogP) is 2.38. The molecular weight excluding hydrogens is 270 g/mol. The Bertz CT molecular complexity index is 571. The van der Waals surface area contributed by atoms with Crippen LogP contribution in [0.25, 0.3) is 0 Å². The maximum atomic E-state index is 12.6. The molecule has 0 heterocycles. The van der Waals surface area contributed by atoms with Gasteiger partial charge in [0.2, 0.25) is 5.91 Å². The molecule has 5 heteroatoms. The lowest BCUT2D eigenvalue weighted by molar-refractivity contribution is -0.148. The van der Waals surface area contributed by atoms with E-state index in [4.69, 9.17) is 4.74 Å². The topological polar surface area (TPSA) is 75.6 Å². The average molecular weight is 289 g/mol. The SMILES string of the molecule is COc1ccccc1NC(=O)[C@@H]1[C@@H]2CC[C@@H](C2)[C@@H]1C(=O)O. The number of carbonyl (C=O) groups excluding carboxylic acids is 1. The van der Waals surface area contributed by atoms with Gasteiger partial charge in [0, 0.05) is 0 Å². The Balaban J connectivity index is 1.80. The Labute approximate surface area is 123 Å². The first-order valence-electron chi connectivity index (χ1n) is 7.28. The first-order chi connectivity index (χ1) is 10.1. The molecule has 5 nitrogen and oxygen atoms in total. The number of para-hydroxylation sites is 2. The van der Waals surface area contributed by atoms with Crippen molar-refractivity contribution in [3.05, 3.63) is 24.3 Å². The van der Waals surface area contributed by atoms with E-state index in [0.717, 1.165) is 19.3 Å². The van der Waals surface area contributed by atoms with Crippen LogP contribution in [0.1, 0.15) is 19.3 Å². The summed E-state index contributed by atoms with van der Waals surface area (Å²) < 4.78 is 5.21. The van der Waals surface area contributed by atoms with Gasteiger partial charge in [0.15, 0.2) is 0 Å². The van der Waals surface area contributed by atoms with Crippen LogP contribution in [0.2, 0.25) is 0 Å². The number of aliphatic carboxylic acids is 1. The van der Waals surface area contributed by atoms with Gasteiger partial charge >= 0.3 is 5.97 Å². The first-order valence-corrected chi connectivity index (χ1v) is 7.28. The maximum Gasteiger partial charge on any atom is 0.307 e. The van der Waals surface area contributed by atoms with E-state index in [1.807, 2.05) is 12.1 Å². The number of carboxylic acid groups (broad SMARTS) is 1. The van der Waals surface area contributed by atoms with Crippen LogP contribution in [-0.2, 0) is 9.59 Å². The van der Waals surface area contributed by atoms with E-state index in [0.29, 0.717) is 11.4 Å². The molecule has 2 saturated carbocycles. The number of hydrogen-bond donors (Lipinski definition) is 2. The zero-order valence-electron chi connectivity index (χ0n) is 11.9. The number of benzene rings is 1. The summed E-state index contributed by atoms with van der Waals surface area (Å²) in [5.41, 5.74) is 0.594. The predicted molar refractivity (Wildman–Crippen MR) is 77.1 cm³/mol. The van der Waals surface area contributed by atoms with E-state index in [1.165, 1.54) is 0 Å².